The van der Waals surface area contributed by atoms with Gasteiger partial charge in [-0.15, -0.1) is 10.2 Å². The zero-order chi connectivity index (χ0) is 18.1. The number of hydrogen-bond donors (Lipinski definition) is 0. The maximum absolute atomic E-state index is 6.15. The Morgan fingerprint density at radius 3 is 2.62 bits per heavy atom. The summed E-state index contributed by atoms with van der Waals surface area (Å²) in [6, 6.07) is 11.2. The predicted molar refractivity (Wildman–Crippen MR) is 98.5 cm³/mol. The smallest absolute Gasteiger partial charge is 0.232 e. The highest BCUT2D eigenvalue weighted by Gasteiger charge is 2.33. The van der Waals surface area contributed by atoms with Gasteiger partial charge in [0.1, 0.15) is 17.7 Å². The largest absolute Gasteiger partial charge is 0.485 e. The molecule has 0 atom stereocenters. The molecule has 0 N–H and O–H groups in total. The molecule has 1 aliphatic rings. The first-order valence-electron chi connectivity index (χ1n) is 8.24. The lowest BCUT2D eigenvalue weighted by atomic mass is 10.2. The van der Waals surface area contributed by atoms with Crippen LogP contribution < -0.4 is 14.4 Å². The average molecular weight is 372 g/mol. The van der Waals surface area contributed by atoms with Crippen LogP contribution in [0.4, 0.5) is 5.95 Å². The van der Waals surface area contributed by atoms with Crippen LogP contribution in [-0.4, -0.2) is 46.1 Å². The van der Waals surface area contributed by atoms with Crippen molar-refractivity contribution in [1.29, 1.82) is 0 Å². The van der Waals surface area contributed by atoms with E-state index in [1.54, 1.807) is 13.3 Å². The molecule has 0 radical (unpaired) electrons. The van der Waals surface area contributed by atoms with Crippen molar-refractivity contribution in [3.05, 3.63) is 53.4 Å². The van der Waals surface area contributed by atoms with Gasteiger partial charge in [0.15, 0.2) is 0 Å². The van der Waals surface area contributed by atoms with Gasteiger partial charge in [0, 0.05) is 6.07 Å². The molecule has 1 fully saturated rings. The Balaban J connectivity index is 1.49. The third kappa shape index (κ3) is 3.06. The summed E-state index contributed by atoms with van der Waals surface area (Å²) in [5, 5.41) is 9.15. The average Bonchev–Trinajstić information content (AvgIpc) is 3.00. The second-order valence-corrected chi connectivity index (χ2v) is 6.42. The molecular formula is C18H18ClN5O2. The van der Waals surface area contributed by atoms with E-state index in [9.17, 15) is 0 Å². The van der Waals surface area contributed by atoms with Crippen molar-refractivity contribution in [2.75, 3.05) is 25.1 Å². The van der Waals surface area contributed by atoms with Crippen molar-refractivity contribution in [1.82, 2.24) is 19.7 Å². The van der Waals surface area contributed by atoms with E-state index in [-0.39, 0.29) is 6.10 Å². The van der Waals surface area contributed by atoms with Crippen LogP contribution in [0.2, 0.25) is 5.02 Å². The molecular weight excluding hydrogens is 354 g/mol. The van der Waals surface area contributed by atoms with Crippen LogP contribution in [0.5, 0.6) is 11.6 Å². The van der Waals surface area contributed by atoms with Gasteiger partial charge in [0.05, 0.1) is 37.1 Å². The predicted octanol–water partition coefficient (Wildman–Crippen LogP) is 2.90. The minimum Gasteiger partial charge on any atom is -0.485 e. The summed E-state index contributed by atoms with van der Waals surface area (Å²) in [4.78, 5) is 6.38. The van der Waals surface area contributed by atoms with E-state index >= 15 is 0 Å². The zero-order valence-corrected chi connectivity index (χ0v) is 15.2. The van der Waals surface area contributed by atoms with Crippen molar-refractivity contribution in [3.63, 3.8) is 0 Å². The van der Waals surface area contributed by atoms with Gasteiger partial charge in [-0.2, -0.15) is 0 Å². The molecule has 3 heterocycles. The van der Waals surface area contributed by atoms with E-state index in [1.807, 2.05) is 47.9 Å². The van der Waals surface area contributed by atoms with E-state index in [4.69, 9.17) is 21.1 Å². The number of anilines is 1. The van der Waals surface area contributed by atoms with Crippen LogP contribution in [-0.2, 0) is 0 Å². The van der Waals surface area contributed by atoms with Gasteiger partial charge in [-0.25, -0.2) is 4.98 Å². The Kier molecular flexibility index (Phi) is 4.38. The van der Waals surface area contributed by atoms with E-state index < -0.39 is 0 Å². The molecule has 0 spiro atoms. The molecule has 1 aromatic carbocycles. The highest BCUT2D eigenvalue weighted by Crippen LogP contribution is 2.29. The number of para-hydroxylation sites is 1. The minimum absolute atomic E-state index is 0.0642. The fraction of sp³-hybridized carbons (Fsp3) is 0.278. The molecule has 0 aliphatic carbocycles. The summed E-state index contributed by atoms with van der Waals surface area (Å²) in [7, 11) is 1.59. The number of nitrogens with zero attached hydrogens (tertiary/aromatic N) is 5. The summed E-state index contributed by atoms with van der Waals surface area (Å²) >= 11 is 6.15. The summed E-state index contributed by atoms with van der Waals surface area (Å²) in [5.74, 6) is 2.84. The first-order chi connectivity index (χ1) is 12.7. The third-order valence-corrected chi connectivity index (χ3v) is 4.57. The number of rotatable bonds is 5. The summed E-state index contributed by atoms with van der Waals surface area (Å²) in [6.07, 6.45) is 1.81. The van der Waals surface area contributed by atoms with Gasteiger partial charge in [0.25, 0.3) is 0 Å². The molecule has 0 amide bonds. The SMILES string of the molecule is COc1ccc(-n2c(C)nnc2N2CC(Oc3ccccc3Cl)C2)cn1. The number of halogens is 1. The quantitative estimate of drug-likeness (QED) is 0.687. The molecule has 8 heteroatoms. The number of aryl methyl sites for hydroxylation is 1. The maximum atomic E-state index is 6.15. The summed E-state index contributed by atoms with van der Waals surface area (Å²) < 4.78 is 13.0. The van der Waals surface area contributed by atoms with Crippen molar-refractivity contribution in [2.45, 2.75) is 13.0 Å². The number of ether oxygens (including phenoxy) is 2. The van der Waals surface area contributed by atoms with Crippen LogP contribution in [0.25, 0.3) is 5.69 Å². The minimum atomic E-state index is 0.0642. The molecule has 7 nitrogen and oxygen atoms in total. The van der Waals surface area contributed by atoms with Crippen LogP contribution >= 0.6 is 11.6 Å². The second kappa shape index (κ2) is 6.84. The van der Waals surface area contributed by atoms with Gasteiger partial charge in [-0.05, 0) is 25.1 Å². The number of pyridine rings is 1. The molecule has 0 bridgehead atoms. The lowest BCUT2D eigenvalue weighted by Gasteiger charge is -2.39. The maximum Gasteiger partial charge on any atom is 0.232 e. The number of benzene rings is 1. The van der Waals surface area contributed by atoms with Crippen LogP contribution in [0.3, 0.4) is 0 Å². The van der Waals surface area contributed by atoms with E-state index in [2.05, 4.69) is 20.1 Å². The monoisotopic (exact) mass is 371 g/mol. The van der Waals surface area contributed by atoms with Gasteiger partial charge < -0.3 is 14.4 Å². The molecule has 1 saturated heterocycles. The molecule has 2 aromatic heterocycles. The number of methoxy groups -OCH3 is 1. The summed E-state index contributed by atoms with van der Waals surface area (Å²) in [5.41, 5.74) is 0.888. The standard InChI is InChI=1S/C18H18ClN5O2/c1-12-21-22-18(24(12)13-7-8-17(25-2)20-9-13)23-10-14(11-23)26-16-6-4-3-5-15(16)19/h3-9,14H,10-11H2,1-2H3. The second-order valence-electron chi connectivity index (χ2n) is 6.02. The van der Waals surface area contributed by atoms with Gasteiger partial charge in [-0.1, -0.05) is 23.7 Å². The highest BCUT2D eigenvalue weighted by atomic mass is 35.5. The highest BCUT2D eigenvalue weighted by molar-refractivity contribution is 6.32. The molecule has 0 saturated carbocycles. The van der Waals surface area contributed by atoms with Gasteiger partial charge in [0.2, 0.25) is 11.8 Å². The zero-order valence-electron chi connectivity index (χ0n) is 14.5. The fourth-order valence-corrected chi connectivity index (χ4v) is 3.06. The van der Waals surface area contributed by atoms with Crippen molar-refractivity contribution in [3.8, 4) is 17.3 Å². The topological polar surface area (TPSA) is 65.3 Å². The van der Waals surface area contributed by atoms with E-state index in [0.29, 0.717) is 29.7 Å². The summed E-state index contributed by atoms with van der Waals surface area (Å²) in [6.45, 7) is 3.35. The fourth-order valence-electron chi connectivity index (χ4n) is 2.88. The lowest BCUT2D eigenvalue weighted by molar-refractivity contribution is 0.166. The van der Waals surface area contributed by atoms with Crippen molar-refractivity contribution < 1.29 is 9.47 Å². The Labute approximate surface area is 156 Å². The molecule has 134 valence electrons. The Morgan fingerprint density at radius 2 is 1.92 bits per heavy atom. The number of hydrogen-bond acceptors (Lipinski definition) is 6. The Hall–Kier alpha value is -2.80. The van der Waals surface area contributed by atoms with Crippen LogP contribution in [0.15, 0.2) is 42.6 Å². The Bertz CT molecular complexity index is 906. The normalized spacial score (nSPS) is 14.2. The van der Waals surface area contributed by atoms with Crippen molar-refractivity contribution >= 4 is 17.5 Å². The first kappa shape index (κ1) is 16.7. The number of aromatic nitrogens is 4. The molecule has 26 heavy (non-hydrogen) atoms. The third-order valence-electron chi connectivity index (χ3n) is 4.26. The molecule has 1 aliphatic heterocycles. The van der Waals surface area contributed by atoms with Gasteiger partial charge >= 0.3 is 0 Å². The van der Waals surface area contributed by atoms with Crippen molar-refractivity contribution in [2.24, 2.45) is 0 Å². The van der Waals surface area contributed by atoms with E-state index in [0.717, 1.165) is 17.5 Å². The van der Waals surface area contributed by atoms with E-state index in [1.165, 1.54) is 0 Å². The molecule has 4 rings (SSSR count). The van der Waals surface area contributed by atoms with Crippen LogP contribution in [0.1, 0.15) is 5.82 Å². The van der Waals surface area contributed by atoms with Gasteiger partial charge in [-0.3, -0.25) is 4.57 Å². The molecule has 0 unspecified atom stereocenters. The Morgan fingerprint density at radius 1 is 1.12 bits per heavy atom. The lowest BCUT2D eigenvalue weighted by Crippen LogP contribution is -2.54. The molecule has 3 aromatic rings. The first-order valence-corrected chi connectivity index (χ1v) is 8.62. The van der Waals surface area contributed by atoms with Crippen LogP contribution in [0, 0.1) is 6.92 Å².